The quantitative estimate of drug-likeness (QED) is 0.557. The van der Waals surface area contributed by atoms with Gasteiger partial charge in [-0.2, -0.15) is 0 Å². The molecule has 0 saturated carbocycles. The van der Waals surface area contributed by atoms with Crippen LogP contribution in [-0.4, -0.2) is 31.1 Å². The van der Waals surface area contributed by atoms with Crippen LogP contribution in [0.25, 0.3) is 16.6 Å². The first-order valence-corrected chi connectivity index (χ1v) is 9.51. The molecule has 1 atom stereocenters. The molecular weight excluding hydrogens is 376 g/mol. The number of rotatable bonds is 3. The van der Waals surface area contributed by atoms with E-state index >= 15 is 0 Å². The van der Waals surface area contributed by atoms with Gasteiger partial charge in [-0.15, -0.1) is 5.10 Å². The highest BCUT2D eigenvalue weighted by atomic mass is 35.5. The molecule has 1 aliphatic carbocycles. The van der Waals surface area contributed by atoms with E-state index in [1.54, 1.807) is 12.1 Å². The van der Waals surface area contributed by atoms with Gasteiger partial charge in [0.2, 0.25) is 0 Å². The van der Waals surface area contributed by atoms with Gasteiger partial charge in [0.25, 0.3) is 5.91 Å². The van der Waals surface area contributed by atoms with Crippen LogP contribution in [0.4, 0.5) is 0 Å². The summed E-state index contributed by atoms with van der Waals surface area (Å²) in [4.78, 5) is 16.4. The first-order valence-electron chi connectivity index (χ1n) is 9.13. The minimum atomic E-state index is -0.121. The average molecular weight is 393 g/mol. The van der Waals surface area contributed by atoms with Crippen LogP contribution in [0.2, 0.25) is 5.02 Å². The molecular formula is C20H17ClN6O. The Kier molecular flexibility index (Phi) is 4.09. The highest BCUT2D eigenvalue weighted by molar-refractivity contribution is 6.31. The Morgan fingerprint density at radius 3 is 3.04 bits per heavy atom. The Balaban J connectivity index is 1.44. The topological polar surface area (TPSA) is 88.5 Å². The summed E-state index contributed by atoms with van der Waals surface area (Å²) in [6.07, 6.45) is 4.39. The largest absolute Gasteiger partial charge is 0.356 e. The number of amides is 1. The molecule has 0 fully saturated rings. The summed E-state index contributed by atoms with van der Waals surface area (Å²) in [6.45, 7) is 0. The number of hydrogen-bond acceptors (Lipinski definition) is 4. The molecule has 5 rings (SSSR count). The number of fused-ring (bicyclic) bond motifs is 3. The molecule has 140 valence electrons. The number of benzene rings is 2. The second kappa shape index (κ2) is 6.76. The molecule has 0 bridgehead atoms. The van der Waals surface area contributed by atoms with Crippen molar-refractivity contribution in [2.75, 3.05) is 0 Å². The number of H-pyrrole nitrogens is 1. The van der Waals surface area contributed by atoms with Gasteiger partial charge in [-0.25, -0.2) is 4.68 Å². The number of nitrogens with zero attached hydrogens (tertiary/aromatic N) is 4. The Bertz CT molecular complexity index is 1170. The second-order valence-corrected chi connectivity index (χ2v) is 7.37. The van der Waals surface area contributed by atoms with Crippen LogP contribution in [0, 0.1) is 0 Å². The predicted molar refractivity (Wildman–Crippen MR) is 106 cm³/mol. The molecule has 8 heteroatoms. The van der Waals surface area contributed by atoms with Crippen LogP contribution in [0.5, 0.6) is 0 Å². The molecule has 2 N–H and O–H groups in total. The maximum atomic E-state index is 12.9. The zero-order chi connectivity index (χ0) is 19.1. The van der Waals surface area contributed by atoms with Gasteiger partial charge in [-0.3, -0.25) is 4.79 Å². The summed E-state index contributed by atoms with van der Waals surface area (Å²) in [7, 11) is 0. The first kappa shape index (κ1) is 16.9. The lowest BCUT2D eigenvalue weighted by Crippen LogP contribution is -2.31. The summed E-state index contributed by atoms with van der Waals surface area (Å²) >= 11 is 6.18. The number of aromatic nitrogens is 5. The number of carbonyl (C=O) groups is 1. The van der Waals surface area contributed by atoms with E-state index in [4.69, 9.17) is 11.6 Å². The van der Waals surface area contributed by atoms with Gasteiger partial charge >= 0.3 is 0 Å². The zero-order valence-electron chi connectivity index (χ0n) is 14.9. The third-order valence-electron chi connectivity index (χ3n) is 5.20. The fourth-order valence-electron chi connectivity index (χ4n) is 3.89. The first-order chi connectivity index (χ1) is 13.7. The number of halogens is 1. The summed E-state index contributed by atoms with van der Waals surface area (Å²) in [5.41, 5.74) is 4.68. The van der Waals surface area contributed by atoms with Crippen molar-refractivity contribution in [3.05, 3.63) is 70.6 Å². The molecule has 28 heavy (non-hydrogen) atoms. The summed E-state index contributed by atoms with van der Waals surface area (Å²) in [5, 5.41) is 16.2. The minimum Gasteiger partial charge on any atom is -0.356 e. The van der Waals surface area contributed by atoms with Crippen molar-refractivity contribution in [3.63, 3.8) is 0 Å². The molecule has 2 aromatic heterocycles. The minimum absolute atomic E-state index is 0.0564. The van der Waals surface area contributed by atoms with Gasteiger partial charge in [0.05, 0.1) is 11.7 Å². The third kappa shape index (κ3) is 2.93. The Labute approximate surface area is 165 Å². The van der Waals surface area contributed by atoms with Crippen molar-refractivity contribution in [2.45, 2.75) is 25.3 Å². The Morgan fingerprint density at radius 2 is 2.18 bits per heavy atom. The van der Waals surface area contributed by atoms with Crippen LogP contribution < -0.4 is 5.32 Å². The molecule has 0 aliphatic heterocycles. The third-order valence-corrected chi connectivity index (χ3v) is 5.43. The number of aromatic amines is 1. The van der Waals surface area contributed by atoms with E-state index in [-0.39, 0.29) is 11.9 Å². The summed E-state index contributed by atoms with van der Waals surface area (Å²) in [6, 6.07) is 13.1. The van der Waals surface area contributed by atoms with E-state index in [0.29, 0.717) is 5.56 Å². The van der Waals surface area contributed by atoms with Crippen LogP contribution in [0.15, 0.2) is 48.8 Å². The zero-order valence-corrected chi connectivity index (χ0v) is 15.6. The molecule has 0 radical (unpaired) electrons. The van der Waals surface area contributed by atoms with Gasteiger partial charge in [0.15, 0.2) is 0 Å². The monoisotopic (exact) mass is 392 g/mol. The lowest BCUT2D eigenvalue weighted by atomic mass is 9.91. The van der Waals surface area contributed by atoms with Crippen molar-refractivity contribution < 1.29 is 4.79 Å². The molecule has 7 nitrogen and oxygen atoms in total. The van der Waals surface area contributed by atoms with Crippen LogP contribution >= 0.6 is 11.6 Å². The molecule has 4 aromatic rings. The Morgan fingerprint density at radius 1 is 1.25 bits per heavy atom. The summed E-state index contributed by atoms with van der Waals surface area (Å²) < 4.78 is 1.52. The lowest BCUT2D eigenvalue weighted by Gasteiger charge is -2.24. The van der Waals surface area contributed by atoms with Crippen LogP contribution in [0.3, 0.4) is 0 Å². The number of carbonyl (C=O) groups excluding carboxylic acids is 1. The SMILES string of the molecule is O=C(NC1CCCc2c1[nH]c1ccc(Cl)cc21)c1cccc(-n2cnnn2)c1. The summed E-state index contributed by atoms with van der Waals surface area (Å²) in [5.74, 6) is -0.121. The van der Waals surface area contributed by atoms with Crippen molar-refractivity contribution >= 4 is 28.4 Å². The van der Waals surface area contributed by atoms with Crippen molar-refractivity contribution in [1.82, 2.24) is 30.5 Å². The van der Waals surface area contributed by atoms with Gasteiger partial charge < -0.3 is 10.3 Å². The molecule has 2 aromatic carbocycles. The number of aryl methyl sites for hydroxylation is 1. The molecule has 2 heterocycles. The van der Waals surface area contributed by atoms with E-state index in [1.165, 1.54) is 16.6 Å². The van der Waals surface area contributed by atoms with Gasteiger partial charge in [0.1, 0.15) is 6.33 Å². The molecule has 1 amide bonds. The lowest BCUT2D eigenvalue weighted by molar-refractivity contribution is 0.0932. The Hall–Kier alpha value is -3.19. The predicted octanol–water partition coefficient (Wildman–Crippen LogP) is 3.60. The number of hydrogen-bond donors (Lipinski definition) is 2. The number of nitrogens with one attached hydrogen (secondary N) is 2. The van der Waals surface area contributed by atoms with Gasteiger partial charge in [-0.05, 0) is 71.7 Å². The van der Waals surface area contributed by atoms with E-state index in [9.17, 15) is 4.79 Å². The maximum absolute atomic E-state index is 12.9. The van der Waals surface area contributed by atoms with Crippen molar-refractivity contribution in [3.8, 4) is 5.69 Å². The normalized spacial score (nSPS) is 16.1. The van der Waals surface area contributed by atoms with Gasteiger partial charge in [-0.1, -0.05) is 17.7 Å². The van der Waals surface area contributed by atoms with Crippen LogP contribution in [0.1, 0.15) is 40.5 Å². The highest BCUT2D eigenvalue weighted by Crippen LogP contribution is 2.35. The van der Waals surface area contributed by atoms with Crippen molar-refractivity contribution in [2.24, 2.45) is 0 Å². The standard InChI is InChI=1S/C20H17ClN6O/c21-13-7-8-17-16(10-13)15-5-2-6-18(19(15)23-17)24-20(28)12-3-1-4-14(9-12)27-11-22-25-26-27/h1,3-4,7-11,18,23H,2,5-6H2,(H,24,28). The molecule has 1 aliphatic rings. The average Bonchev–Trinajstić information content (AvgIpc) is 3.37. The number of tetrazole rings is 1. The van der Waals surface area contributed by atoms with Crippen molar-refractivity contribution in [1.29, 1.82) is 0 Å². The van der Waals surface area contributed by atoms with Gasteiger partial charge in [0, 0.05) is 27.2 Å². The van der Waals surface area contributed by atoms with E-state index in [2.05, 4.69) is 25.8 Å². The molecule has 0 saturated heterocycles. The fraction of sp³-hybridized carbons (Fsp3) is 0.200. The second-order valence-electron chi connectivity index (χ2n) is 6.93. The molecule has 0 spiro atoms. The van der Waals surface area contributed by atoms with E-state index < -0.39 is 0 Å². The highest BCUT2D eigenvalue weighted by Gasteiger charge is 2.26. The maximum Gasteiger partial charge on any atom is 0.251 e. The van der Waals surface area contributed by atoms with E-state index in [1.807, 2.05) is 30.3 Å². The smallest absolute Gasteiger partial charge is 0.251 e. The fourth-order valence-corrected chi connectivity index (χ4v) is 4.06. The van der Waals surface area contributed by atoms with E-state index in [0.717, 1.165) is 46.6 Å². The van der Waals surface area contributed by atoms with Crippen LogP contribution in [-0.2, 0) is 6.42 Å². The molecule has 1 unspecified atom stereocenters.